The van der Waals surface area contributed by atoms with E-state index in [1.54, 1.807) is 36.5 Å². The van der Waals surface area contributed by atoms with E-state index in [9.17, 15) is 4.79 Å². The number of aromatic nitrogens is 1. The molecule has 4 aromatic rings. The Morgan fingerprint density at radius 2 is 1.96 bits per heavy atom. The Balaban J connectivity index is 1.48. The monoisotopic (exact) mass is 456 g/mol. The molecule has 0 unspecified atom stereocenters. The molecular formula is C21H14BrClN2O3. The fraction of sp³-hybridized carbons (Fsp3) is 0.0476. The van der Waals surface area contributed by atoms with Gasteiger partial charge in [0, 0.05) is 16.1 Å². The highest BCUT2D eigenvalue weighted by atomic mass is 79.9. The van der Waals surface area contributed by atoms with Crippen molar-refractivity contribution in [1.82, 2.24) is 4.98 Å². The summed E-state index contributed by atoms with van der Waals surface area (Å²) in [6.07, 6.45) is 1.68. The summed E-state index contributed by atoms with van der Waals surface area (Å²) in [5.74, 6) is 0.894. The van der Waals surface area contributed by atoms with E-state index in [0.29, 0.717) is 27.7 Å². The number of furan rings is 1. The lowest BCUT2D eigenvalue weighted by Crippen LogP contribution is -2.11. The number of nitrogens with zero attached hydrogens (tertiary/aromatic N) is 1. The molecule has 0 atom stereocenters. The van der Waals surface area contributed by atoms with Gasteiger partial charge in [0.1, 0.15) is 18.1 Å². The number of halogens is 2. The van der Waals surface area contributed by atoms with Crippen LogP contribution < -0.4 is 10.1 Å². The van der Waals surface area contributed by atoms with Crippen LogP contribution in [0.15, 0.2) is 75.8 Å². The van der Waals surface area contributed by atoms with Crippen molar-refractivity contribution in [1.29, 1.82) is 0 Å². The number of carbonyl (C=O) groups is 1. The van der Waals surface area contributed by atoms with Gasteiger partial charge in [-0.25, -0.2) is 0 Å². The molecule has 1 amide bonds. The number of carbonyl (C=O) groups excluding carboxylic acids is 1. The summed E-state index contributed by atoms with van der Waals surface area (Å²) >= 11 is 9.56. The third kappa shape index (κ3) is 3.88. The number of amides is 1. The van der Waals surface area contributed by atoms with E-state index < -0.39 is 0 Å². The molecule has 0 fully saturated rings. The van der Waals surface area contributed by atoms with Gasteiger partial charge in [-0.3, -0.25) is 9.78 Å². The molecule has 0 bridgehead atoms. The van der Waals surface area contributed by atoms with Crippen LogP contribution in [-0.2, 0) is 6.61 Å². The van der Waals surface area contributed by atoms with Crippen molar-refractivity contribution in [3.05, 3.63) is 87.9 Å². The third-order valence-corrected chi connectivity index (χ3v) is 5.06. The lowest BCUT2D eigenvalue weighted by molar-refractivity contribution is 0.0992. The molecule has 2 heterocycles. The molecule has 4 rings (SSSR count). The first-order chi connectivity index (χ1) is 13.6. The molecule has 140 valence electrons. The number of ether oxygens (including phenoxy) is 1. The predicted molar refractivity (Wildman–Crippen MR) is 112 cm³/mol. The molecule has 0 spiro atoms. The fourth-order valence-electron chi connectivity index (χ4n) is 2.71. The summed E-state index contributed by atoms with van der Waals surface area (Å²) in [4.78, 5) is 16.9. The van der Waals surface area contributed by atoms with E-state index >= 15 is 0 Å². The Kier molecular flexibility index (Phi) is 5.32. The van der Waals surface area contributed by atoms with Crippen LogP contribution in [0.25, 0.3) is 10.9 Å². The molecule has 0 saturated heterocycles. The van der Waals surface area contributed by atoms with Crippen LogP contribution in [0.2, 0.25) is 5.02 Å². The number of anilines is 1. The minimum absolute atomic E-state index is 0.166. The van der Waals surface area contributed by atoms with Gasteiger partial charge < -0.3 is 14.5 Å². The second kappa shape index (κ2) is 8.04. The smallest absolute Gasteiger partial charge is 0.291 e. The first kappa shape index (κ1) is 18.5. The van der Waals surface area contributed by atoms with Gasteiger partial charge in [0.25, 0.3) is 5.91 Å². The molecule has 0 aliphatic carbocycles. The van der Waals surface area contributed by atoms with Crippen LogP contribution in [0.4, 0.5) is 5.69 Å². The van der Waals surface area contributed by atoms with Crippen LogP contribution in [0.1, 0.15) is 16.3 Å². The van der Waals surface area contributed by atoms with Crippen molar-refractivity contribution in [2.45, 2.75) is 6.61 Å². The lowest BCUT2D eigenvalue weighted by atomic mass is 10.2. The van der Waals surface area contributed by atoms with Crippen molar-refractivity contribution in [2.75, 3.05) is 5.32 Å². The van der Waals surface area contributed by atoms with Gasteiger partial charge in [0.2, 0.25) is 0 Å². The highest BCUT2D eigenvalue weighted by Gasteiger charge is 2.14. The third-order valence-electron chi connectivity index (χ3n) is 4.06. The number of nitrogens with one attached hydrogen (secondary N) is 1. The zero-order chi connectivity index (χ0) is 19.5. The zero-order valence-electron chi connectivity index (χ0n) is 14.5. The summed E-state index contributed by atoms with van der Waals surface area (Å²) in [5.41, 5.74) is 1.30. The maximum absolute atomic E-state index is 12.6. The topological polar surface area (TPSA) is 64.4 Å². The number of pyridine rings is 1. The number of rotatable bonds is 5. The fourth-order valence-corrected chi connectivity index (χ4v) is 3.35. The van der Waals surface area contributed by atoms with Crippen LogP contribution >= 0.6 is 27.5 Å². The number of hydrogen-bond acceptors (Lipinski definition) is 4. The van der Waals surface area contributed by atoms with Gasteiger partial charge >= 0.3 is 0 Å². The van der Waals surface area contributed by atoms with Gasteiger partial charge in [-0.2, -0.15) is 0 Å². The van der Waals surface area contributed by atoms with Crippen molar-refractivity contribution >= 4 is 50.0 Å². The molecule has 0 aliphatic heterocycles. The largest absolute Gasteiger partial charge is 0.484 e. The molecule has 5 nitrogen and oxygen atoms in total. The average molecular weight is 458 g/mol. The molecule has 0 radical (unpaired) electrons. The van der Waals surface area contributed by atoms with E-state index in [2.05, 4.69) is 26.2 Å². The second-order valence-electron chi connectivity index (χ2n) is 5.93. The summed E-state index contributed by atoms with van der Waals surface area (Å²) in [7, 11) is 0. The number of benzene rings is 2. The van der Waals surface area contributed by atoms with Crippen molar-refractivity contribution in [3.8, 4) is 5.75 Å². The maximum Gasteiger partial charge on any atom is 0.291 e. The Hall–Kier alpha value is -2.83. The van der Waals surface area contributed by atoms with Gasteiger partial charge in [-0.15, -0.1) is 0 Å². The normalized spacial score (nSPS) is 10.8. The second-order valence-corrected chi connectivity index (χ2v) is 7.20. The minimum Gasteiger partial charge on any atom is -0.484 e. The van der Waals surface area contributed by atoms with Gasteiger partial charge in [-0.1, -0.05) is 45.7 Å². The zero-order valence-corrected chi connectivity index (χ0v) is 16.8. The van der Waals surface area contributed by atoms with Crippen LogP contribution in [0.3, 0.4) is 0 Å². The summed E-state index contributed by atoms with van der Waals surface area (Å²) in [5, 5.41) is 4.27. The Labute approximate surface area is 174 Å². The number of hydrogen-bond donors (Lipinski definition) is 1. The summed E-state index contributed by atoms with van der Waals surface area (Å²) < 4.78 is 12.1. The lowest BCUT2D eigenvalue weighted by Gasteiger charge is -2.08. The van der Waals surface area contributed by atoms with Gasteiger partial charge in [0.15, 0.2) is 5.76 Å². The molecule has 7 heteroatoms. The molecule has 28 heavy (non-hydrogen) atoms. The Bertz CT molecular complexity index is 1160. The Morgan fingerprint density at radius 1 is 1.11 bits per heavy atom. The van der Waals surface area contributed by atoms with Crippen LogP contribution in [-0.4, -0.2) is 10.9 Å². The highest BCUT2D eigenvalue weighted by molar-refractivity contribution is 9.10. The standard InChI is InChI=1S/C21H14BrClN2O3/c22-15-8-9-17(20-14(15)4-3-11-24-20)25-21(26)19-10-7-13(28-19)12-27-18-6-2-1-5-16(18)23/h1-11H,12H2,(H,25,26). The number of fused-ring (bicyclic) bond motifs is 1. The van der Waals surface area contributed by atoms with Crippen LogP contribution in [0, 0.1) is 0 Å². The van der Waals surface area contributed by atoms with E-state index in [0.717, 1.165) is 9.86 Å². The molecule has 1 N–H and O–H groups in total. The van der Waals surface area contributed by atoms with Crippen molar-refractivity contribution in [3.63, 3.8) is 0 Å². The first-order valence-electron chi connectivity index (χ1n) is 8.42. The van der Waals surface area contributed by atoms with E-state index in [4.69, 9.17) is 20.8 Å². The molecule has 0 saturated carbocycles. The van der Waals surface area contributed by atoms with Gasteiger partial charge in [-0.05, 0) is 42.5 Å². The van der Waals surface area contributed by atoms with Gasteiger partial charge in [0.05, 0.1) is 16.2 Å². The SMILES string of the molecule is O=C(Nc1ccc(Br)c2cccnc12)c1ccc(COc2ccccc2Cl)o1. The Morgan fingerprint density at radius 3 is 2.82 bits per heavy atom. The molecule has 0 aliphatic rings. The predicted octanol–water partition coefficient (Wildman–Crippen LogP) is 6.08. The molecule has 2 aromatic heterocycles. The van der Waals surface area contributed by atoms with Crippen molar-refractivity contribution < 1.29 is 13.9 Å². The first-order valence-corrected chi connectivity index (χ1v) is 9.59. The molecular weight excluding hydrogens is 444 g/mol. The average Bonchev–Trinajstić information content (AvgIpc) is 3.19. The van der Waals surface area contributed by atoms with E-state index in [1.165, 1.54) is 0 Å². The van der Waals surface area contributed by atoms with E-state index in [1.807, 2.05) is 30.3 Å². The number of para-hydroxylation sites is 1. The summed E-state index contributed by atoms with van der Waals surface area (Å²) in [6, 6.07) is 17.9. The quantitative estimate of drug-likeness (QED) is 0.395. The van der Waals surface area contributed by atoms with Crippen LogP contribution in [0.5, 0.6) is 5.75 Å². The minimum atomic E-state index is -0.363. The van der Waals surface area contributed by atoms with Crippen molar-refractivity contribution in [2.24, 2.45) is 0 Å². The summed E-state index contributed by atoms with van der Waals surface area (Å²) in [6.45, 7) is 0.166. The maximum atomic E-state index is 12.6. The van der Waals surface area contributed by atoms with E-state index in [-0.39, 0.29) is 18.3 Å². The molecule has 2 aromatic carbocycles. The highest BCUT2D eigenvalue weighted by Crippen LogP contribution is 2.29.